The second kappa shape index (κ2) is 29.2. The maximum Gasteiger partial charge on any atom is 0.362 e. The van der Waals surface area contributed by atoms with Gasteiger partial charge in [-0.3, -0.25) is 9.59 Å². The molecule has 0 aromatic heterocycles. The van der Waals surface area contributed by atoms with Crippen molar-refractivity contribution in [2.75, 3.05) is 41.0 Å². The lowest BCUT2D eigenvalue weighted by Crippen LogP contribution is -2.50. The molecule has 262 valence electrons. The summed E-state index contributed by atoms with van der Waals surface area (Å²) in [7, 11) is 5.49. The summed E-state index contributed by atoms with van der Waals surface area (Å²) in [4.78, 5) is 36.5. The molecular weight excluding hydrogens is 570 g/mol. The molecule has 0 amide bonds. The van der Waals surface area contributed by atoms with Crippen LogP contribution in [-0.2, 0) is 28.6 Å². The van der Waals surface area contributed by atoms with E-state index in [1.165, 1.54) is 57.8 Å². The maximum absolute atomic E-state index is 12.5. The first-order valence-corrected chi connectivity index (χ1v) is 17.9. The fourth-order valence-electron chi connectivity index (χ4n) is 4.98. The first-order chi connectivity index (χ1) is 21.6. The minimum atomic E-state index is -0.884. The number of carboxylic acids is 1. The van der Waals surface area contributed by atoms with Crippen LogP contribution in [0.1, 0.15) is 142 Å². The molecule has 0 saturated heterocycles. The van der Waals surface area contributed by atoms with Gasteiger partial charge in [0.25, 0.3) is 0 Å². The lowest BCUT2D eigenvalue weighted by Gasteiger charge is -2.31. The van der Waals surface area contributed by atoms with E-state index >= 15 is 0 Å². The number of rotatable bonds is 31. The molecule has 0 aliphatic heterocycles. The Morgan fingerprint density at radius 2 is 1.16 bits per heavy atom. The highest BCUT2D eigenvalue weighted by molar-refractivity contribution is 5.72. The summed E-state index contributed by atoms with van der Waals surface area (Å²) in [5, 5.41) is 9.54. The minimum Gasteiger partial charge on any atom is -0.477 e. The Balaban J connectivity index is 4.43. The number of hydrogen-bond acceptors (Lipinski definition) is 6. The summed E-state index contributed by atoms with van der Waals surface area (Å²) >= 11 is 0. The van der Waals surface area contributed by atoms with Crippen LogP contribution in [0.3, 0.4) is 0 Å². The maximum atomic E-state index is 12.5. The summed E-state index contributed by atoms with van der Waals surface area (Å²) in [6.45, 7) is 4.59. The molecule has 0 spiro atoms. The Hall–Kier alpha value is -2.19. The third kappa shape index (κ3) is 27.8. The number of carboxylic acid groups (broad SMARTS) is 1. The van der Waals surface area contributed by atoms with Gasteiger partial charge in [-0.15, -0.1) is 0 Å². The molecule has 8 heteroatoms. The number of aliphatic carboxylic acids is 1. The van der Waals surface area contributed by atoms with Crippen molar-refractivity contribution in [3.8, 4) is 0 Å². The standard InChI is InChI=1S/C37H67NO7/c1-6-8-10-12-14-15-16-17-18-19-20-22-23-25-27-35(39)44-32-33(31-43-30-29-34(37(41)42)38(3,4)5)45-36(40)28-26-24-21-13-11-9-7-2/h18-19,21,24,33-34H,6-17,20,22-23,25-32H2,1-5H3/p+1/b19-18+,24-21+. The molecule has 0 fully saturated rings. The number of unbranched alkanes of at least 4 members (excludes halogenated alkanes) is 13. The van der Waals surface area contributed by atoms with Crippen LogP contribution in [-0.4, -0.2) is 80.6 Å². The molecule has 1 N–H and O–H groups in total. The Bertz CT molecular complexity index is 803. The van der Waals surface area contributed by atoms with Crippen molar-refractivity contribution in [2.45, 2.75) is 154 Å². The van der Waals surface area contributed by atoms with Gasteiger partial charge in [0.2, 0.25) is 0 Å². The second-order valence-corrected chi connectivity index (χ2v) is 13.1. The molecule has 0 radical (unpaired) electrons. The van der Waals surface area contributed by atoms with E-state index < -0.39 is 18.1 Å². The normalized spacial score (nSPS) is 13.4. The van der Waals surface area contributed by atoms with Crippen molar-refractivity contribution in [3.05, 3.63) is 24.3 Å². The van der Waals surface area contributed by atoms with Crippen molar-refractivity contribution in [2.24, 2.45) is 0 Å². The molecule has 45 heavy (non-hydrogen) atoms. The van der Waals surface area contributed by atoms with Gasteiger partial charge in [-0.25, -0.2) is 4.79 Å². The molecule has 0 aromatic carbocycles. The molecule has 0 aliphatic rings. The number of likely N-dealkylation sites (N-methyl/N-ethyl adjacent to an activating group) is 1. The lowest BCUT2D eigenvalue weighted by molar-refractivity contribution is -0.887. The van der Waals surface area contributed by atoms with Crippen molar-refractivity contribution >= 4 is 17.9 Å². The molecule has 0 aromatic rings. The quantitative estimate of drug-likeness (QED) is 0.0351. The SMILES string of the molecule is CCCCC/C=C/CCC(=O)OC(COCCC(C(=O)O)[N+](C)(C)C)COC(=O)CCCCC/C=C/CCCCCCCCC. The van der Waals surface area contributed by atoms with Gasteiger partial charge in [-0.2, -0.15) is 0 Å². The van der Waals surface area contributed by atoms with Gasteiger partial charge in [-0.05, 0) is 51.4 Å². The molecule has 0 bridgehead atoms. The van der Waals surface area contributed by atoms with Crippen LogP contribution in [0.2, 0.25) is 0 Å². The van der Waals surface area contributed by atoms with E-state index in [-0.39, 0.29) is 42.7 Å². The zero-order valence-electron chi connectivity index (χ0n) is 29.6. The molecule has 8 nitrogen and oxygen atoms in total. The number of esters is 2. The fraction of sp³-hybridized carbons (Fsp3) is 0.811. The average Bonchev–Trinajstić information content (AvgIpc) is 2.98. The molecule has 2 atom stereocenters. The summed E-state index contributed by atoms with van der Waals surface area (Å²) in [5.41, 5.74) is 0. The van der Waals surface area contributed by atoms with Crippen molar-refractivity contribution in [1.82, 2.24) is 0 Å². The van der Waals surface area contributed by atoms with Crippen LogP contribution in [0.15, 0.2) is 24.3 Å². The number of allylic oxidation sites excluding steroid dienone is 4. The van der Waals surface area contributed by atoms with Gasteiger partial charge in [0, 0.05) is 19.3 Å². The lowest BCUT2D eigenvalue weighted by atomic mass is 10.1. The molecule has 2 unspecified atom stereocenters. The number of hydrogen-bond donors (Lipinski definition) is 1. The van der Waals surface area contributed by atoms with Crippen LogP contribution in [0.25, 0.3) is 0 Å². The smallest absolute Gasteiger partial charge is 0.362 e. The minimum absolute atomic E-state index is 0.0422. The highest BCUT2D eigenvalue weighted by atomic mass is 16.6. The summed E-state index contributed by atoms with van der Waals surface area (Å²) < 4.78 is 17.0. The highest BCUT2D eigenvalue weighted by Gasteiger charge is 2.31. The van der Waals surface area contributed by atoms with E-state index in [1.54, 1.807) is 0 Å². The zero-order chi connectivity index (χ0) is 33.6. The monoisotopic (exact) mass is 638 g/mol. The number of nitrogens with zero attached hydrogens (tertiary/aromatic N) is 1. The van der Waals surface area contributed by atoms with Crippen LogP contribution in [0.5, 0.6) is 0 Å². The van der Waals surface area contributed by atoms with E-state index in [4.69, 9.17) is 14.2 Å². The van der Waals surface area contributed by atoms with E-state index in [0.717, 1.165) is 44.9 Å². The first-order valence-electron chi connectivity index (χ1n) is 17.9. The second-order valence-electron chi connectivity index (χ2n) is 13.1. The number of ether oxygens (including phenoxy) is 3. The Morgan fingerprint density at radius 3 is 1.73 bits per heavy atom. The summed E-state index contributed by atoms with van der Waals surface area (Å²) in [6.07, 6.45) is 28.2. The van der Waals surface area contributed by atoms with Gasteiger partial charge < -0.3 is 23.8 Å². The van der Waals surface area contributed by atoms with Crippen LogP contribution < -0.4 is 0 Å². The van der Waals surface area contributed by atoms with E-state index in [0.29, 0.717) is 19.3 Å². The molecular formula is C37H68NO7+. The third-order valence-corrected chi connectivity index (χ3v) is 7.84. The number of carbonyl (C=O) groups is 3. The number of carbonyl (C=O) groups excluding carboxylic acids is 2. The van der Waals surface area contributed by atoms with Crippen LogP contribution in [0.4, 0.5) is 0 Å². The molecule has 0 rings (SSSR count). The predicted octanol–water partition coefficient (Wildman–Crippen LogP) is 8.57. The van der Waals surface area contributed by atoms with Gasteiger partial charge in [0.15, 0.2) is 12.1 Å². The van der Waals surface area contributed by atoms with Crippen molar-refractivity contribution in [1.29, 1.82) is 0 Å². The predicted molar refractivity (Wildman–Crippen MR) is 183 cm³/mol. The van der Waals surface area contributed by atoms with Gasteiger partial charge >= 0.3 is 17.9 Å². The van der Waals surface area contributed by atoms with Crippen LogP contribution >= 0.6 is 0 Å². The molecule has 0 aliphatic carbocycles. The molecule has 0 heterocycles. The van der Waals surface area contributed by atoms with Gasteiger partial charge in [0.1, 0.15) is 6.61 Å². The van der Waals surface area contributed by atoms with E-state index in [2.05, 4.69) is 32.1 Å². The summed E-state index contributed by atoms with van der Waals surface area (Å²) in [6, 6.07) is -0.617. The average molecular weight is 639 g/mol. The third-order valence-electron chi connectivity index (χ3n) is 7.84. The van der Waals surface area contributed by atoms with E-state index in [9.17, 15) is 19.5 Å². The number of quaternary nitrogens is 1. The van der Waals surface area contributed by atoms with Crippen molar-refractivity contribution in [3.63, 3.8) is 0 Å². The fourth-order valence-corrected chi connectivity index (χ4v) is 4.98. The van der Waals surface area contributed by atoms with Gasteiger partial charge in [-0.1, -0.05) is 95.9 Å². The largest absolute Gasteiger partial charge is 0.477 e. The van der Waals surface area contributed by atoms with Crippen LogP contribution in [0, 0.1) is 0 Å². The Kier molecular flexibility index (Phi) is 27.8. The van der Waals surface area contributed by atoms with Gasteiger partial charge in [0.05, 0.1) is 34.4 Å². The Labute approximate surface area is 275 Å². The zero-order valence-corrected chi connectivity index (χ0v) is 29.6. The first kappa shape index (κ1) is 42.8. The topological polar surface area (TPSA) is 99.1 Å². The molecule has 0 saturated carbocycles. The summed E-state index contributed by atoms with van der Waals surface area (Å²) in [5.74, 6) is -1.56. The van der Waals surface area contributed by atoms with Crippen molar-refractivity contribution < 1.29 is 38.2 Å². The highest BCUT2D eigenvalue weighted by Crippen LogP contribution is 2.12. The van der Waals surface area contributed by atoms with E-state index in [1.807, 2.05) is 27.2 Å². The Morgan fingerprint density at radius 1 is 0.644 bits per heavy atom.